The van der Waals surface area contributed by atoms with Gasteiger partial charge in [-0.15, -0.1) is 0 Å². The van der Waals surface area contributed by atoms with Gasteiger partial charge in [0, 0.05) is 74.9 Å². The lowest BCUT2D eigenvalue weighted by atomic mass is 10.0. The Morgan fingerprint density at radius 1 is 0.974 bits per heavy atom. The largest absolute Gasteiger partial charge is 0.446 e. The van der Waals surface area contributed by atoms with Gasteiger partial charge >= 0.3 is 11.7 Å². The van der Waals surface area contributed by atoms with Crippen molar-refractivity contribution < 1.29 is 31.1 Å². The molecule has 1 aromatic rings. The van der Waals surface area contributed by atoms with E-state index in [4.69, 9.17) is 0 Å². The second-order valence-corrected chi connectivity index (χ2v) is 11.1. The van der Waals surface area contributed by atoms with Gasteiger partial charge in [-0.2, -0.15) is 26.3 Å². The van der Waals surface area contributed by atoms with E-state index in [0.29, 0.717) is 19.5 Å². The molecule has 1 amide bonds. The third-order valence-corrected chi connectivity index (χ3v) is 8.00. The number of rotatable bonds is 8. The molecule has 2 saturated heterocycles. The van der Waals surface area contributed by atoms with Crippen molar-refractivity contribution in [1.82, 2.24) is 14.7 Å². The number of anilines is 1. The predicted octanol–water partition coefficient (Wildman–Crippen LogP) is 5.39. The topological polar surface area (TPSA) is 51.2 Å². The third kappa shape index (κ3) is 9.14. The van der Waals surface area contributed by atoms with Crippen molar-refractivity contribution in [1.29, 1.82) is 0 Å². The molecule has 0 aliphatic carbocycles. The number of halogens is 6. The maximum atomic E-state index is 12.8. The fraction of sp³-hybridized carbons (Fsp3) is 0.615. The highest BCUT2D eigenvalue weighted by molar-refractivity contribution is 8.00. The van der Waals surface area contributed by atoms with Crippen molar-refractivity contribution >= 4 is 29.6 Å². The van der Waals surface area contributed by atoms with Gasteiger partial charge in [0.25, 0.3) is 0 Å². The molecule has 4 rings (SSSR count). The zero-order valence-corrected chi connectivity index (χ0v) is 22.3. The molecule has 3 aliphatic heterocycles. The maximum Gasteiger partial charge on any atom is 0.446 e. The summed E-state index contributed by atoms with van der Waals surface area (Å²) in [6.07, 6.45) is 0.577. The number of dihydropyridines is 1. The van der Waals surface area contributed by atoms with Crippen LogP contribution in [-0.2, 0) is 4.79 Å². The normalized spacial score (nSPS) is 22.2. The molecular weight excluding hydrogens is 544 g/mol. The van der Waals surface area contributed by atoms with Crippen molar-refractivity contribution in [2.75, 3.05) is 51.1 Å². The van der Waals surface area contributed by atoms with Gasteiger partial charge in [0.1, 0.15) is 6.17 Å². The van der Waals surface area contributed by atoms with Crippen molar-refractivity contribution in [2.45, 2.75) is 60.9 Å². The Morgan fingerprint density at radius 2 is 1.64 bits per heavy atom. The van der Waals surface area contributed by atoms with E-state index in [9.17, 15) is 31.1 Å². The number of likely N-dealkylation sites (tertiary alicyclic amines) is 1. The van der Waals surface area contributed by atoms with Crippen molar-refractivity contribution in [2.24, 2.45) is 4.99 Å². The standard InChI is InChI=1S/C26H33F6N5OS/c27-25(28,29)19-3-8-23(33-18-19)36-16-14-35(15-17-36)11-1-2-24(38)37-12-9-21(10-13-37)34-20-4-6-22(7-5-20)39-26(30,31)32/h3-7,18,21,23,34H,1-2,8-17H2. The van der Waals surface area contributed by atoms with Crippen molar-refractivity contribution in [3.05, 3.63) is 35.9 Å². The van der Waals surface area contributed by atoms with Crippen LogP contribution in [0.15, 0.2) is 45.8 Å². The summed E-state index contributed by atoms with van der Waals surface area (Å²) < 4.78 is 75.7. The van der Waals surface area contributed by atoms with Gasteiger partial charge in [-0.05, 0) is 61.8 Å². The van der Waals surface area contributed by atoms with Crippen LogP contribution in [-0.4, -0.2) is 96.5 Å². The number of alkyl halides is 6. The van der Waals surface area contributed by atoms with Crippen molar-refractivity contribution in [3.63, 3.8) is 0 Å². The van der Waals surface area contributed by atoms with Gasteiger partial charge in [0.2, 0.25) is 5.91 Å². The Hall–Kier alpha value is -2.25. The molecule has 0 saturated carbocycles. The second-order valence-electron chi connectivity index (χ2n) is 10.0. The molecule has 0 radical (unpaired) electrons. The molecule has 13 heteroatoms. The molecule has 3 heterocycles. The van der Waals surface area contributed by atoms with E-state index in [1.165, 1.54) is 18.2 Å². The van der Waals surface area contributed by atoms with Gasteiger partial charge in [-0.25, -0.2) is 0 Å². The summed E-state index contributed by atoms with van der Waals surface area (Å²) in [5.74, 6) is 0.129. The number of aliphatic imine (C=N–C) groups is 1. The number of allylic oxidation sites excluding steroid dienone is 1. The smallest absolute Gasteiger partial charge is 0.382 e. The number of nitrogens with one attached hydrogen (secondary N) is 1. The molecule has 0 bridgehead atoms. The summed E-state index contributed by atoms with van der Waals surface area (Å²) in [6, 6.07) is 6.36. The van der Waals surface area contributed by atoms with Gasteiger partial charge in [0.05, 0.1) is 5.57 Å². The Bertz CT molecular complexity index is 1010. The number of hydrogen-bond donors (Lipinski definition) is 1. The quantitative estimate of drug-likeness (QED) is 0.332. The number of piperazine rings is 1. The number of benzene rings is 1. The first kappa shape index (κ1) is 29.7. The number of hydrogen-bond acceptors (Lipinski definition) is 6. The fourth-order valence-electron chi connectivity index (χ4n) is 5.10. The molecule has 1 aromatic carbocycles. The van der Waals surface area contributed by atoms with Crippen molar-refractivity contribution in [3.8, 4) is 0 Å². The number of amides is 1. The zero-order valence-electron chi connectivity index (χ0n) is 21.5. The number of nitrogens with zero attached hydrogens (tertiary/aromatic N) is 4. The average molecular weight is 578 g/mol. The number of piperidine rings is 1. The molecule has 6 nitrogen and oxygen atoms in total. The first-order valence-corrected chi connectivity index (χ1v) is 13.9. The van der Waals surface area contributed by atoms with E-state index in [1.54, 1.807) is 12.1 Å². The van der Waals surface area contributed by atoms with E-state index in [2.05, 4.69) is 20.1 Å². The minimum Gasteiger partial charge on any atom is -0.382 e. The minimum absolute atomic E-state index is 0.129. The summed E-state index contributed by atoms with van der Waals surface area (Å²) in [4.78, 5) is 23.2. The number of thioether (sulfide) groups is 1. The Morgan fingerprint density at radius 3 is 2.21 bits per heavy atom. The number of carbonyl (C=O) groups excluding carboxylic acids is 1. The SMILES string of the molecule is O=C(CCCN1CCN(C2CC=C(C(F)(F)F)C=N2)CC1)N1CCC(Nc2ccc(SC(F)(F)F)cc2)CC1. The van der Waals surface area contributed by atoms with E-state index in [0.717, 1.165) is 63.9 Å². The monoisotopic (exact) mass is 577 g/mol. The van der Waals surface area contributed by atoms with Gasteiger partial charge in [-0.1, -0.05) is 6.08 Å². The molecule has 1 atom stereocenters. The van der Waals surface area contributed by atoms with E-state index < -0.39 is 17.3 Å². The molecule has 1 N–H and O–H groups in total. The Kier molecular flexibility index (Phi) is 9.87. The van der Waals surface area contributed by atoms with E-state index >= 15 is 0 Å². The lowest BCUT2D eigenvalue weighted by molar-refractivity contribution is -0.132. The molecule has 39 heavy (non-hydrogen) atoms. The molecule has 0 spiro atoms. The lowest BCUT2D eigenvalue weighted by Gasteiger charge is -2.38. The lowest BCUT2D eigenvalue weighted by Crippen LogP contribution is -2.50. The molecule has 1 unspecified atom stereocenters. The van der Waals surface area contributed by atoms with Gasteiger partial charge in [-0.3, -0.25) is 14.7 Å². The molecule has 3 aliphatic rings. The highest BCUT2D eigenvalue weighted by atomic mass is 32.2. The first-order chi connectivity index (χ1) is 18.5. The molecule has 216 valence electrons. The highest BCUT2D eigenvalue weighted by Gasteiger charge is 2.35. The highest BCUT2D eigenvalue weighted by Crippen LogP contribution is 2.37. The molecule has 0 aromatic heterocycles. The second kappa shape index (κ2) is 12.9. The number of carbonyl (C=O) groups is 1. The third-order valence-electron chi connectivity index (χ3n) is 7.26. The van der Waals surface area contributed by atoms with E-state index in [-0.39, 0.29) is 41.2 Å². The summed E-state index contributed by atoms with van der Waals surface area (Å²) >= 11 is -0.134. The summed E-state index contributed by atoms with van der Waals surface area (Å²) in [5, 5.41) is 3.35. The summed E-state index contributed by atoms with van der Waals surface area (Å²) in [6.45, 7) is 5.14. The minimum atomic E-state index is -4.35. The molecular formula is C26H33F6N5OS. The van der Waals surface area contributed by atoms with Crippen LogP contribution in [0.4, 0.5) is 32.0 Å². The Balaban J connectivity index is 1.09. The predicted molar refractivity (Wildman–Crippen MR) is 140 cm³/mol. The Labute approximate surface area is 228 Å². The van der Waals surface area contributed by atoms with Gasteiger partial charge < -0.3 is 15.1 Å². The van der Waals surface area contributed by atoms with Crippen LogP contribution in [0, 0.1) is 0 Å². The van der Waals surface area contributed by atoms with Crippen LogP contribution >= 0.6 is 11.8 Å². The summed E-state index contributed by atoms with van der Waals surface area (Å²) in [5.41, 5.74) is -4.22. The van der Waals surface area contributed by atoms with Crippen LogP contribution in [0.25, 0.3) is 0 Å². The van der Waals surface area contributed by atoms with Crippen LogP contribution in [0.5, 0.6) is 0 Å². The fourth-order valence-corrected chi connectivity index (χ4v) is 5.64. The van der Waals surface area contributed by atoms with Crippen LogP contribution < -0.4 is 5.32 Å². The van der Waals surface area contributed by atoms with Gasteiger partial charge in [0.15, 0.2) is 0 Å². The summed E-state index contributed by atoms with van der Waals surface area (Å²) in [7, 11) is 0. The maximum absolute atomic E-state index is 12.8. The van der Waals surface area contributed by atoms with E-state index in [1.807, 2.05) is 4.90 Å². The van der Waals surface area contributed by atoms with Crippen LogP contribution in [0.2, 0.25) is 0 Å². The van der Waals surface area contributed by atoms with Crippen LogP contribution in [0.3, 0.4) is 0 Å². The molecule has 2 fully saturated rings. The first-order valence-electron chi connectivity index (χ1n) is 13.1. The van der Waals surface area contributed by atoms with Crippen LogP contribution in [0.1, 0.15) is 32.1 Å². The zero-order chi connectivity index (χ0) is 28.0. The average Bonchev–Trinajstić information content (AvgIpc) is 2.89.